The highest BCUT2D eigenvalue weighted by atomic mass is 79.9. The molecule has 2 heterocycles. The van der Waals surface area contributed by atoms with Gasteiger partial charge in [-0.1, -0.05) is 53.7 Å². The second kappa shape index (κ2) is 16.0. The Morgan fingerprint density at radius 3 is 1.70 bits per heavy atom. The molecule has 0 atom stereocenters. The second-order valence-corrected chi connectivity index (χ2v) is 7.49. The van der Waals surface area contributed by atoms with Gasteiger partial charge in [0, 0.05) is 0 Å². The van der Waals surface area contributed by atoms with E-state index in [1.54, 1.807) is 6.92 Å². The van der Waals surface area contributed by atoms with Gasteiger partial charge in [-0.15, -0.1) is 0 Å². The molecular weight excluding hydrogens is 514 g/mol. The van der Waals surface area contributed by atoms with Crippen molar-refractivity contribution in [2.45, 2.75) is 61.3 Å². The van der Waals surface area contributed by atoms with Crippen LogP contribution in [-0.2, 0) is 17.6 Å². The molecule has 0 aliphatic carbocycles. The van der Waals surface area contributed by atoms with Crippen LogP contribution in [0, 0.1) is 0 Å². The number of pyridine rings is 2. The molecule has 0 unspecified atom stereocenters. The molecule has 2 rings (SSSR count). The third-order valence-corrected chi connectivity index (χ3v) is 4.51. The number of hydrogen-bond donors (Lipinski definition) is 1. The zero-order valence-electron chi connectivity index (χ0n) is 16.3. The molecular formula is C22H33Br2N3O3. The number of aromatic nitrogens is 2. The molecule has 168 valence electrons. The second-order valence-electron chi connectivity index (χ2n) is 5.87. The predicted molar refractivity (Wildman–Crippen MR) is 130 cm³/mol. The standard InChI is InChI=1S/C11H14BrNO2.C9H11BrN2O.2CH4/c1-3-5-8-6-7-9(12)13-10(8)11(14)15-4-2;1-2-3-6-4-5-7(10)12-8(6)9(11)13;;/h6-7H,3-5H2,1-2H3;4-5H,2-3H2,1H3,(H2,11,13);2*1H4. The summed E-state index contributed by atoms with van der Waals surface area (Å²) in [5.74, 6) is -0.813. The first-order valence-electron chi connectivity index (χ1n) is 9.11. The van der Waals surface area contributed by atoms with E-state index in [9.17, 15) is 9.59 Å². The van der Waals surface area contributed by atoms with Gasteiger partial charge in [0.15, 0.2) is 5.69 Å². The summed E-state index contributed by atoms with van der Waals surface area (Å²) in [4.78, 5) is 30.8. The summed E-state index contributed by atoms with van der Waals surface area (Å²) in [6, 6.07) is 7.44. The Bertz CT molecular complexity index is 814. The van der Waals surface area contributed by atoms with E-state index in [1.807, 2.05) is 31.2 Å². The normalized spacial score (nSPS) is 9.37. The van der Waals surface area contributed by atoms with Crippen molar-refractivity contribution >= 4 is 43.7 Å². The fourth-order valence-electron chi connectivity index (χ4n) is 2.46. The summed E-state index contributed by atoms with van der Waals surface area (Å²) in [6.07, 6.45) is 3.63. The summed E-state index contributed by atoms with van der Waals surface area (Å²) < 4.78 is 6.25. The number of halogens is 2. The average molecular weight is 547 g/mol. The number of hydrogen-bond acceptors (Lipinski definition) is 5. The molecule has 0 aliphatic rings. The van der Waals surface area contributed by atoms with Gasteiger partial charge in [0.1, 0.15) is 14.9 Å². The van der Waals surface area contributed by atoms with Crippen LogP contribution in [0.4, 0.5) is 0 Å². The number of ether oxygens (including phenoxy) is 1. The van der Waals surface area contributed by atoms with E-state index in [0.29, 0.717) is 27.2 Å². The van der Waals surface area contributed by atoms with Crippen LogP contribution in [0.1, 0.15) is 80.6 Å². The summed E-state index contributed by atoms with van der Waals surface area (Å²) in [5.41, 5.74) is 7.85. The molecule has 2 aromatic rings. The van der Waals surface area contributed by atoms with Crippen molar-refractivity contribution in [3.8, 4) is 0 Å². The maximum absolute atomic E-state index is 11.6. The van der Waals surface area contributed by atoms with E-state index in [-0.39, 0.29) is 20.8 Å². The average Bonchev–Trinajstić information content (AvgIpc) is 2.65. The Kier molecular flexibility index (Phi) is 16.2. The number of rotatable bonds is 7. The van der Waals surface area contributed by atoms with E-state index in [2.05, 4.69) is 48.8 Å². The van der Waals surface area contributed by atoms with Gasteiger partial charge >= 0.3 is 5.97 Å². The monoisotopic (exact) mass is 545 g/mol. The lowest BCUT2D eigenvalue weighted by molar-refractivity contribution is 0.0517. The van der Waals surface area contributed by atoms with Gasteiger partial charge in [0.25, 0.3) is 5.91 Å². The molecule has 1 amide bonds. The highest BCUT2D eigenvalue weighted by molar-refractivity contribution is 9.10. The fourth-order valence-corrected chi connectivity index (χ4v) is 3.08. The molecule has 0 bridgehead atoms. The van der Waals surface area contributed by atoms with Crippen LogP contribution in [0.25, 0.3) is 0 Å². The molecule has 0 aliphatic heterocycles. The van der Waals surface area contributed by atoms with Crippen molar-refractivity contribution in [3.05, 3.63) is 56.0 Å². The quantitative estimate of drug-likeness (QED) is 0.332. The van der Waals surface area contributed by atoms with Gasteiger partial charge < -0.3 is 10.5 Å². The fraction of sp³-hybridized carbons (Fsp3) is 0.455. The first kappa shape index (κ1) is 30.4. The topological polar surface area (TPSA) is 95.2 Å². The molecule has 2 aromatic heterocycles. The van der Waals surface area contributed by atoms with Crippen LogP contribution in [0.5, 0.6) is 0 Å². The van der Waals surface area contributed by atoms with Gasteiger partial charge in [0.05, 0.1) is 6.61 Å². The summed E-state index contributed by atoms with van der Waals surface area (Å²) in [6.45, 7) is 6.28. The van der Waals surface area contributed by atoms with Crippen LogP contribution in [0.2, 0.25) is 0 Å². The van der Waals surface area contributed by atoms with Gasteiger partial charge in [-0.2, -0.15) is 0 Å². The molecule has 0 aromatic carbocycles. The number of nitrogens with two attached hydrogens (primary N) is 1. The number of nitrogens with zero attached hydrogens (tertiary/aromatic N) is 2. The highest BCUT2D eigenvalue weighted by Crippen LogP contribution is 2.15. The van der Waals surface area contributed by atoms with Crippen molar-refractivity contribution in [2.24, 2.45) is 5.73 Å². The van der Waals surface area contributed by atoms with E-state index in [1.165, 1.54) is 0 Å². The van der Waals surface area contributed by atoms with Gasteiger partial charge in [-0.3, -0.25) is 4.79 Å². The van der Waals surface area contributed by atoms with Gasteiger partial charge in [-0.05, 0) is 74.9 Å². The molecule has 0 radical (unpaired) electrons. The van der Waals surface area contributed by atoms with Crippen molar-refractivity contribution in [3.63, 3.8) is 0 Å². The van der Waals surface area contributed by atoms with Crippen molar-refractivity contribution in [1.82, 2.24) is 9.97 Å². The third kappa shape index (κ3) is 9.80. The largest absolute Gasteiger partial charge is 0.461 e. The van der Waals surface area contributed by atoms with E-state index < -0.39 is 5.91 Å². The molecule has 0 fully saturated rings. The molecule has 2 N–H and O–H groups in total. The molecule has 0 saturated heterocycles. The van der Waals surface area contributed by atoms with Crippen molar-refractivity contribution in [2.75, 3.05) is 6.61 Å². The zero-order chi connectivity index (χ0) is 21.1. The minimum absolute atomic E-state index is 0. The first-order valence-corrected chi connectivity index (χ1v) is 10.7. The number of aryl methyl sites for hydroxylation is 2. The zero-order valence-corrected chi connectivity index (χ0v) is 19.5. The summed E-state index contributed by atoms with van der Waals surface area (Å²) in [5, 5.41) is 0. The van der Waals surface area contributed by atoms with E-state index in [0.717, 1.165) is 36.8 Å². The Morgan fingerprint density at radius 1 is 0.867 bits per heavy atom. The lowest BCUT2D eigenvalue weighted by atomic mass is 10.1. The van der Waals surface area contributed by atoms with Crippen molar-refractivity contribution < 1.29 is 14.3 Å². The summed E-state index contributed by atoms with van der Waals surface area (Å²) in [7, 11) is 0. The van der Waals surface area contributed by atoms with Crippen LogP contribution in [0.3, 0.4) is 0 Å². The van der Waals surface area contributed by atoms with Crippen LogP contribution in [-0.4, -0.2) is 28.5 Å². The van der Waals surface area contributed by atoms with Crippen molar-refractivity contribution in [1.29, 1.82) is 0 Å². The van der Waals surface area contributed by atoms with E-state index in [4.69, 9.17) is 10.5 Å². The molecule has 0 spiro atoms. The minimum Gasteiger partial charge on any atom is -0.461 e. The van der Waals surface area contributed by atoms with Crippen LogP contribution in [0.15, 0.2) is 33.5 Å². The Morgan fingerprint density at radius 2 is 1.30 bits per heavy atom. The van der Waals surface area contributed by atoms with Gasteiger partial charge in [-0.25, -0.2) is 14.8 Å². The highest BCUT2D eigenvalue weighted by Gasteiger charge is 2.14. The molecule has 0 saturated carbocycles. The third-order valence-electron chi connectivity index (χ3n) is 3.63. The Labute approximate surface area is 197 Å². The lowest BCUT2D eigenvalue weighted by Crippen LogP contribution is -2.16. The number of carbonyl (C=O) groups excluding carboxylic acids is 2. The first-order chi connectivity index (χ1) is 13.3. The number of primary amides is 1. The molecule has 8 heteroatoms. The van der Waals surface area contributed by atoms with E-state index >= 15 is 0 Å². The van der Waals surface area contributed by atoms with Crippen LogP contribution >= 0.6 is 31.9 Å². The lowest BCUT2D eigenvalue weighted by Gasteiger charge is -2.07. The molecule has 6 nitrogen and oxygen atoms in total. The van der Waals surface area contributed by atoms with Crippen LogP contribution < -0.4 is 5.73 Å². The maximum Gasteiger partial charge on any atom is 0.357 e. The smallest absolute Gasteiger partial charge is 0.357 e. The number of esters is 1. The molecule has 30 heavy (non-hydrogen) atoms. The maximum atomic E-state index is 11.6. The Balaban J connectivity index is 0. The predicted octanol–water partition coefficient (Wildman–Crippen LogP) is 6.14. The summed E-state index contributed by atoms with van der Waals surface area (Å²) >= 11 is 6.44. The number of amides is 1. The SMILES string of the molecule is C.C.CCCc1ccc(Br)nc1C(=O)OCC.CCCc1ccc(Br)nc1C(N)=O. The van der Waals surface area contributed by atoms with Gasteiger partial charge in [0.2, 0.25) is 0 Å². The minimum atomic E-state index is -0.468. The number of carbonyl (C=O) groups is 2. The Hall–Kier alpha value is -1.80.